The van der Waals surface area contributed by atoms with Crippen LogP contribution < -0.4 is 5.73 Å². The summed E-state index contributed by atoms with van der Waals surface area (Å²) in [6, 6.07) is -0.843. The molecule has 0 aliphatic heterocycles. The SMILES string of the molecule is NC(CC(S)S)C(=O)O. The Bertz CT molecular complexity index is 107. The van der Waals surface area contributed by atoms with E-state index in [9.17, 15) is 4.79 Å². The number of carboxylic acids is 1. The minimum absolute atomic E-state index is 0.254. The number of hydrogen-bond donors (Lipinski definition) is 4. The molecule has 0 aromatic carbocycles. The maximum absolute atomic E-state index is 10.0. The monoisotopic (exact) mass is 167 g/mol. The van der Waals surface area contributed by atoms with Gasteiger partial charge in [0.05, 0.1) is 0 Å². The zero-order valence-electron chi connectivity index (χ0n) is 4.69. The van der Waals surface area contributed by atoms with Crippen LogP contribution in [0.4, 0.5) is 0 Å². The average molecular weight is 167 g/mol. The Hall–Kier alpha value is 0.130. The molecule has 1 atom stereocenters. The third-order valence-electron chi connectivity index (χ3n) is 0.782. The topological polar surface area (TPSA) is 63.3 Å². The molecule has 5 heteroatoms. The number of thiol groups is 2. The number of aliphatic carboxylic acids is 1. The fourth-order valence-electron chi connectivity index (χ4n) is 0.328. The zero-order chi connectivity index (χ0) is 7.44. The molecule has 0 heterocycles. The molecule has 1 unspecified atom stereocenters. The van der Waals surface area contributed by atoms with Gasteiger partial charge in [-0.2, -0.15) is 25.3 Å². The maximum atomic E-state index is 10.0. The van der Waals surface area contributed by atoms with E-state index in [1.807, 2.05) is 0 Å². The molecule has 9 heavy (non-hydrogen) atoms. The highest BCUT2D eigenvalue weighted by Crippen LogP contribution is 2.06. The summed E-state index contributed by atoms with van der Waals surface area (Å²) in [4.78, 5) is 10.0. The van der Waals surface area contributed by atoms with Gasteiger partial charge >= 0.3 is 5.97 Å². The van der Waals surface area contributed by atoms with E-state index in [0.29, 0.717) is 0 Å². The van der Waals surface area contributed by atoms with E-state index in [4.69, 9.17) is 10.8 Å². The van der Waals surface area contributed by atoms with Crippen LogP contribution in [0.3, 0.4) is 0 Å². The Morgan fingerprint density at radius 2 is 2.11 bits per heavy atom. The number of rotatable bonds is 3. The summed E-state index contributed by atoms with van der Waals surface area (Å²) in [6.07, 6.45) is 0.279. The molecular weight excluding hydrogens is 158 g/mol. The number of carboxylic acid groups (broad SMARTS) is 1. The van der Waals surface area contributed by atoms with Crippen LogP contribution in [-0.4, -0.2) is 21.7 Å². The number of carbonyl (C=O) groups is 1. The smallest absolute Gasteiger partial charge is 0.320 e. The highest BCUT2D eigenvalue weighted by atomic mass is 32.2. The van der Waals surface area contributed by atoms with Gasteiger partial charge in [0.15, 0.2) is 0 Å². The van der Waals surface area contributed by atoms with Crippen LogP contribution in [0.1, 0.15) is 6.42 Å². The van der Waals surface area contributed by atoms with Crippen molar-refractivity contribution in [3.05, 3.63) is 0 Å². The van der Waals surface area contributed by atoms with Gasteiger partial charge in [-0.1, -0.05) is 0 Å². The summed E-state index contributed by atoms with van der Waals surface area (Å²) in [5, 5.41) is 8.24. The summed E-state index contributed by atoms with van der Waals surface area (Å²) < 4.78 is -0.254. The van der Waals surface area contributed by atoms with Crippen molar-refractivity contribution in [3.8, 4) is 0 Å². The molecular formula is C4H9NO2S2. The second-order valence-corrected chi connectivity index (χ2v) is 3.32. The van der Waals surface area contributed by atoms with Crippen LogP contribution in [-0.2, 0) is 4.79 Å². The van der Waals surface area contributed by atoms with E-state index in [0.717, 1.165) is 0 Å². The minimum atomic E-state index is -1.01. The molecule has 3 nitrogen and oxygen atoms in total. The molecule has 0 radical (unpaired) electrons. The standard InChI is InChI=1S/C4H9NO2S2/c5-2(4(6)7)1-3(8)9/h2-3,8-9H,1,5H2,(H,6,7). The second kappa shape index (κ2) is 4.03. The lowest BCUT2D eigenvalue weighted by Gasteiger charge is -2.06. The second-order valence-electron chi connectivity index (χ2n) is 1.66. The third-order valence-corrected chi connectivity index (χ3v) is 1.20. The van der Waals surface area contributed by atoms with Crippen molar-refractivity contribution in [2.75, 3.05) is 0 Å². The van der Waals surface area contributed by atoms with E-state index < -0.39 is 12.0 Å². The first kappa shape index (κ1) is 9.13. The predicted octanol–water partition coefficient (Wildman–Crippen LogP) is -0.0259. The molecule has 0 fully saturated rings. The van der Waals surface area contributed by atoms with Crippen molar-refractivity contribution in [1.29, 1.82) is 0 Å². The maximum Gasteiger partial charge on any atom is 0.320 e. The molecule has 0 spiro atoms. The van der Waals surface area contributed by atoms with Gasteiger partial charge in [-0.25, -0.2) is 0 Å². The highest BCUT2D eigenvalue weighted by Gasteiger charge is 2.12. The zero-order valence-corrected chi connectivity index (χ0v) is 6.48. The molecule has 0 aliphatic carbocycles. The Morgan fingerprint density at radius 1 is 1.67 bits per heavy atom. The Labute approximate surface area is 64.4 Å². The van der Waals surface area contributed by atoms with Crippen LogP contribution >= 0.6 is 25.3 Å². The normalized spacial score (nSPS) is 13.8. The van der Waals surface area contributed by atoms with E-state index in [2.05, 4.69) is 25.3 Å². The van der Waals surface area contributed by atoms with Crippen LogP contribution in [0.25, 0.3) is 0 Å². The van der Waals surface area contributed by atoms with Crippen LogP contribution in [0.2, 0.25) is 0 Å². The van der Waals surface area contributed by atoms with Gasteiger partial charge in [0, 0.05) is 4.58 Å². The molecule has 0 amide bonds. The van der Waals surface area contributed by atoms with E-state index in [1.54, 1.807) is 0 Å². The van der Waals surface area contributed by atoms with Gasteiger partial charge < -0.3 is 10.8 Å². The van der Waals surface area contributed by atoms with E-state index in [-0.39, 0.29) is 11.0 Å². The van der Waals surface area contributed by atoms with Gasteiger partial charge in [-0.15, -0.1) is 0 Å². The lowest BCUT2D eigenvalue weighted by molar-refractivity contribution is -0.138. The number of nitrogens with two attached hydrogens (primary N) is 1. The first-order valence-corrected chi connectivity index (χ1v) is 3.42. The van der Waals surface area contributed by atoms with Crippen molar-refractivity contribution in [3.63, 3.8) is 0 Å². The molecule has 54 valence electrons. The van der Waals surface area contributed by atoms with Gasteiger partial charge in [0.25, 0.3) is 0 Å². The Morgan fingerprint density at radius 3 is 2.22 bits per heavy atom. The van der Waals surface area contributed by atoms with E-state index >= 15 is 0 Å². The fraction of sp³-hybridized carbons (Fsp3) is 0.750. The quantitative estimate of drug-likeness (QED) is 0.353. The Kier molecular flexibility index (Phi) is 4.09. The molecule has 0 aromatic rings. The predicted molar refractivity (Wildman–Crippen MR) is 42.0 cm³/mol. The minimum Gasteiger partial charge on any atom is -0.480 e. The molecule has 0 saturated carbocycles. The lowest BCUT2D eigenvalue weighted by atomic mass is 10.2. The molecule has 3 N–H and O–H groups in total. The largest absolute Gasteiger partial charge is 0.480 e. The molecule has 0 rings (SSSR count). The summed E-state index contributed by atoms with van der Waals surface area (Å²) in [6.45, 7) is 0. The van der Waals surface area contributed by atoms with Crippen LogP contribution in [0.15, 0.2) is 0 Å². The van der Waals surface area contributed by atoms with E-state index in [1.165, 1.54) is 0 Å². The highest BCUT2D eigenvalue weighted by molar-refractivity contribution is 7.99. The summed E-state index contributed by atoms with van der Waals surface area (Å²) in [5.41, 5.74) is 5.12. The molecule has 0 aliphatic rings. The van der Waals surface area contributed by atoms with Gasteiger partial charge in [-0.05, 0) is 6.42 Å². The lowest BCUT2D eigenvalue weighted by Crippen LogP contribution is -2.31. The van der Waals surface area contributed by atoms with Gasteiger partial charge in [0.2, 0.25) is 0 Å². The van der Waals surface area contributed by atoms with Crippen molar-refractivity contribution in [2.45, 2.75) is 17.0 Å². The summed E-state index contributed by atoms with van der Waals surface area (Å²) >= 11 is 7.71. The van der Waals surface area contributed by atoms with Crippen LogP contribution in [0, 0.1) is 0 Å². The van der Waals surface area contributed by atoms with Crippen molar-refractivity contribution in [2.24, 2.45) is 5.73 Å². The molecule has 0 bridgehead atoms. The first-order valence-electron chi connectivity index (χ1n) is 2.38. The van der Waals surface area contributed by atoms with Crippen LogP contribution in [0.5, 0.6) is 0 Å². The molecule has 0 saturated heterocycles. The van der Waals surface area contributed by atoms with Gasteiger partial charge in [0.1, 0.15) is 6.04 Å². The van der Waals surface area contributed by atoms with Crippen molar-refractivity contribution < 1.29 is 9.90 Å². The first-order chi connectivity index (χ1) is 4.04. The van der Waals surface area contributed by atoms with Crippen molar-refractivity contribution in [1.82, 2.24) is 0 Å². The van der Waals surface area contributed by atoms with Crippen molar-refractivity contribution >= 4 is 31.2 Å². The Balaban J connectivity index is 3.50. The van der Waals surface area contributed by atoms with Gasteiger partial charge in [-0.3, -0.25) is 4.79 Å². The third kappa shape index (κ3) is 4.62. The fourth-order valence-corrected chi connectivity index (χ4v) is 0.782. The average Bonchev–Trinajstić information content (AvgIpc) is 1.63. The number of hydrogen-bond acceptors (Lipinski definition) is 4. The molecule has 0 aromatic heterocycles. The summed E-state index contributed by atoms with van der Waals surface area (Å²) in [5.74, 6) is -1.01. The summed E-state index contributed by atoms with van der Waals surface area (Å²) in [7, 11) is 0.